The highest BCUT2D eigenvalue weighted by atomic mass is 35.5. The third-order valence-corrected chi connectivity index (χ3v) is 2.13. The molecule has 2 amide bonds. The Hall–Kier alpha value is -0.570. The second kappa shape index (κ2) is 3.90. The first-order valence-corrected chi connectivity index (χ1v) is 4.57. The number of carbonyl (C=O) groups excluding carboxylic acids is 2. The highest BCUT2D eigenvalue weighted by molar-refractivity contribution is 6.18. The predicted octanol–water partition coefficient (Wildman–Crippen LogP) is 1.01. The quantitative estimate of drug-likeness (QED) is 0.480. The first kappa shape index (κ1) is 9.52. The molecule has 0 spiro atoms. The lowest BCUT2D eigenvalue weighted by Gasteiger charge is -2.27. The highest BCUT2D eigenvalue weighted by Crippen LogP contribution is 2.18. The molecule has 12 heavy (non-hydrogen) atoms. The molecule has 4 heteroatoms. The van der Waals surface area contributed by atoms with Crippen molar-refractivity contribution in [2.45, 2.75) is 19.8 Å². The zero-order valence-electron chi connectivity index (χ0n) is 7.05. The zero-order valence-corrected chi connectivity index (χ0v) is 7.80. The number of hydrogen-bond donors (Lipinski definition) is 0. The van der Waals surface area contributed by atoms with E-state index < -0.39 is 0 Å². The van der Waals surface area contributed by atoms with E-state index in [2.05, 4.69) is 0 Å². The Morgan fingerprint density at radius 3 is 2.33 bits per heavy atom. The molecular formula is C8H12ClNO2. The van der Waals surface area contributed by atoms with Crippen LogP contribution in [0.3, 0.4) is 0 Å². The van der Waals surface area contributed by atoms with Gasteiger partial charge >= 0.3 is 0 Å². The van der Waals surface area contributed by atoms with Gasteiger partial charge in [0.25, 0.3) is 0 Å². The van der Waals surface area contributed by atoms with Gasteiger partial charge in [-0.15, -0.1) is 11.6 Å². The van der Waals surface area contributed by atoms with E-state index in [4.69, 9.17) is 11.6 Å². The van der Waals surface area contributed by atoms with Gasteiger partial charge in [0, 0.05) is 25.3 Å². The van der Waals surface area contributed by atoms with Crippen molar-refractivity contribution in [1.29, 1.82) is 0 Å². The van der Waals surface area contributed by atoms with E-state index in [1.807, 2.05) is 6.92 Å². The summed E-state index contributed by atoms with van der Waals surface area (Å²) >= 11 is 5.46. The van der Waals surface area contributed by atoms with Crippen molar-refractivity contribution in [3.63, 3.8) is 0 Å². The maximum atomic E-state index is 11.3. The molecule has 68 valence electrons. The van der Waals surface area contributed by atoms with Gasteiger partial charge in [0.15, 0.2) is 0 Å². The lowest BCUT2D eigenvalue weighted by Crippen LogP contribution is -2.43. The number of nitrogens with zero attached hydrogens (tertiary/aromatic N) is 1. The summed E-state index contributed by atoms with van der Waals surface area (Å²) in [5.74, 6) is 0.349. The number of hydrogen-bond acceptors (Lipinski definition) is 2. The Morgan fingerprint density at radius 1 is 1.42 bits per heavy atom. The molecule has 1 rings (SSSR count). The highest BCUT2D eigenvalue weighted by Gasteiger charge is 2.29. The van der Waals surface area contributed by atoms with Crippen molar-refractivity contribution < 1.29 is 9.59 Å². The van der Waals surface area contributed by atoms with Crippen LogP contribution >= 0.6 is 11.6 Å². The summed E-state index contributed by atoms with van der Waals surface area (Å²) in [6.07, 6.45) is 0.950. The van der Waals surface area contributed by atoms with Crippen molar-refractivity contribution in [1.82, 2.24) is 4.90 Å². The van der Waals surface area contributed by atoms with Crippen molar-refractivity contribution >= 4 is 23.4 Å². The van der Waals surface area contributed by atoms with Crippen molar-refractivity contribution in [3.05, 3.63) is 0 Å². The van der Waals surface area contributed by atoms with Crippen LogP contribution in [0, 0.1) is 5.92 Å². The van der Waals surface area contributed by atoms with Gasteiger partial charge in [0.2, 0.25) is 11.8 Å². The van der Waals surface area contributed by atoms with Gasteiger partial charge in [0.05, 0.1) is 0 Å². The van der Waals surface area contributed by atoms with E-state index >= 15 is 0 Å². The molecule has 0 aromatic heterocycles. The van der Waals surface area contributed by atoms with E-state index in [-0.39, 0.29) is 17.7 Å². The fourth-order valence-corrected chi connectivity index (χ4v) is 1.53. The SMILES string of the molecule is CC1CC(=O)N(CCCl)C(=O)C1. The van der Waals surface area contributed by atoms with Crippen LogP contribution < -0.4 is 0 Å². The molecule has 1 fully saturated rings. The van der Waals surface area contributed by atoms with E-state index in [1.165, 1.54) is 4.90 Å². The molecule has 0 bridgehead atoms. The fraction of sp³-hybridized carbons (Fsp3) is 0.750. The lowest BCUT2D eigenvalue weighted by molar-refractivity contribution is -0.149. The topological polar surface area (TPSA) is 37.4 Å². The van der Waals surface area contributed by atoms with Crippen LogP contribution in [0.25, 0.3) is 0 Å². The minimum Gasteiger partial charge on any atom is -0.281 e. The van der Waals surface area contributed by atoms with Crippen molar-refractivity contribution in [2.75, 3.05) is 12.4 Å². The fourth-order valence-electron chi connectivity index (χ4n) is 1.36. The molecule has 1 saturated heterocycles. The lowest BCUT2D eigenvalue weighted by atomic mass is 9.98. The maximum Gasteiger partial charge on any atom is 0.229 e. The Labute approximate surface area is 76.7 Å². The number of likely N-dealkylation sites (tertiary alicyclic amines) is 1. The standard InChI is InChI=1S/C8H12ClNO2/c1-6-4-7(11)10(3-2-9)8(12)5-6/h6H,2-5H2,1H3. The molecule has 0 radical (unpaired) electrons. The summed E-state index contributed by atoms with van der Waals surface area (Å²) in [5, 5.41) is 0. The molecule has 3 nitrogen and oxygen atoms in total. The predicted molar refractivity (Wildman–Crippen MR) is 45.8 cm³/mol. The van der Waals surface area contributed by atoms with Crippen LogP contribution in [0.15, 0.2) is 0 Å². The number of halogens is 1. The molecule has 0 aliphatic carbocycles. The van der Waals surface area contributed by atoms with Crippen LogP contribution in [0.4, 0.5) is 0 Å². The van der Waals surface area contributed by atoms with Gasteiger partial charge in [-0.05, 0) is 5.92 Å². The van der Waals surface area contributed by atoms with E-state index in [9.17, 15) is 9.59 Å². The summed E-state index contributed by atoms with van der Waals surface area (Å²) in [6, 6.07) is 0. The average molecular weight is 190 g/mol. The van der Waals surface area contributed by atoms with Crippen LogP contribution in [-0.2, 0) is 9.59 Å². The largest absolute Gasteiger partial charge is 0.281 e. The Kier molecular flexibility index (Phi) is 3.09. The van der Waals surface area contributed by atoms with Crippen molar-refractivity contribution in [2.24, 2.45) is 5.92 Å². The summed E-state index contributed by atoms with van der Waals surface area (Å²) in [7, 11) is 0. The second-order valence-electron chi connectivity index (χ2n) is 3.14. The van der Waals surface area contributed by atoms with Gasteiger partial charge < -0.3 is 0 Å². The van der Waals surface area contributed by atoms with Gasteiger partial charge in [0.1, 0.15) is 0 Å². The third kappa shape index (κ3) is 1.97. The van der Waals surface area contributed by atoms with Gasteiger partial charge in [-0.1, -0.05) is 6.92 Å². The van der Waals surface area contributed by atoms with E-state index in [0.29, 0.717) is 25.3 Å². The smallest absolute Gasteiger partial charge is 0.229 e. The molecule has 0 saturated carbocycles. The second-order valence-corrected chi connectivity index (χ2v) is 3.52. The molecule has 1 heterocycles. The summed E-state index contributed by atoms with van der Waals surface area (Å²) < 4.78 is 0. The van der Waals surface area contributed by atoms with Crippen LogP contribution in [0.2, 0.25) is 0 Å². The molecule has 0 aromatic carbocycles. The van der Waals surface area contributed by atoms with Gasteiger partial charge in [-0.2, -0.15) is 0 Å². The minimum atomic E-state index is -0.0839. The van der Waals surface area contributed by atoms with E-state index in [1.54, 1.807) is 0 Å². The number of alkyl halides is 1. The van der Waals surface area contributed by atoms with Crippen LogP contribution in [-0.4, -0.2) is 29.1 Å². The molecule has 0 N–H and O–H groups in total. The van der Waals surface area contributed by atoms with Gasteiger partial charge in [-0.3, -0.25) is 14.5 Å². The molecule has 1 aliphatic rings. The summed E-state index contributed by atoms with van der Waals surface area (Å²) in [4.78, 5) is 23.8. The molecule has 0 unspecified atom stereocenters. The Balaban J connectivity index is 2.61. The number of carbonyl (C=O) groups is 2. The normalized spacial score (nSPS) is 20.3. The molecule has 0 aromatic rings. The van der Waals surface area contributed by atoms with Crippen molar-refractivity contribution in [3.8, 4) is 0 Å². The van der Waals surface area contributed by atoms with E-state index in [0.717, 1.165) is 0 Å². The monoisotopic (exact) mass is 189 g/mol. The molecule has 1 aliphatic heterocycles. The summed E-state index contributed by atoms with van der Waals surface area (Å²) in [5.41, 5.74) is 0. The number of piperidine rings is 1. The van der Waals surface area contributed by atoms with Crippen LogP contribution in [0.1, 0.15) is 19.8 Å². The average Bonchev–Trinajstić information content (AvgIpc) is 1.96. The zero-order chi connectivity index (χ0) is 9.14. The number of imide groups is 1. The molecule has 0 atom stereocenters. The van der Waals surface area contributed by atoms with Crippen LogP contribution in [0.5, 0.6) is 0 Å². The first-order chi connectivity index (χ1) is 5.65. The number of amides is 2. The third-order valence-electron chi connectivity index (χ3n) is 1.96. The van der Waals surface area contributed by atoms with Gasteiger partial charge in [-0.25, -0.2) is 0 Å². The maximum absolute atomic E-state index is 11.3. The minimum absolute atomic E-state index is 0.0839. The Morgan fingerprint density at radius 2 is 1.92 bits per heavy atom. The molecular weight excluding hydrogens is 178 g/mol. The Bertz CT molecular complexity index is 187. The summed E-state index contributed by atoms with van der Waals surface area (Å²) in [6.45, 7) is 2.26. The number of rotatable bonds is 2. The first-order valence-electron chi connectivity index (χ1n) is 4.04.